The average molecular weight is 373 g/mol. The zero-order valence-corrected chi connectivity index (χ0v) is 14.3. The summed E-state index contributed by atoms with van der Waals surface area (Å²) in [6.07, 6.45) is -5.19. The van der Waals surface area contributed by atoms with Gasteiger partial charge < -0.3 is 15.6 Å². The number of halogens is 3. The van der Waals surface area contributed by atoms with Gasteiger partial charge in [-0.2, -0.15) is 13.2 Å². The number of aliphatic carboxylic acids is 1. The number of carbonyl (C=O) groups is 1. The molecule has 0 saturated carbocycles. The summed E-state index contributed by atoms with van der Waals surface area (Å²) in [6.45, 7) is 0. The quantitative estimate of drug-likeness (QED) is 0.717. The SMILES string of the molecule is O=C([O-])C(F)(F)F.[NH3+]C(c1ccccc1)(c1ccccc1)c1ccccc1. The van der Waals surface area contributed by atoms with Crippen molar-refractivity contribution in [2.75, 3.05) is 0 Å². The van der Waals surface area contributed by atoms with Gasteiger partial charge in [0, 0.05) is 16.7 Å². The van der Waals surface area contributed by atoms with Crippen LogP contribution in [-0.4, -0.2) is 12.1 Å². The molecule has 0 radical (unpaired) electrons. The number of hydrogen-bond donors (Lipinski definition) is 1. The third kappa shape index (κ3) is 4.95. The van der Waals surface area contributed by atoms with Gasteiger partial charge in [-0.1, -0.05) is 91.0 Å². The Morgan fingerprint density at radius 1 is 0.667 bits per heavy atom. The number of carbonyl (C=O) groups excluding carboxylic acids is 1. The molecule has 0 amide bonds. The summed E-state index contributed by atoms with van der Waals surface area (Å²) < 4.78 is 31.5. The minimum absolute atomic E-state index is 0.371. The van der Waals surface area contributed by atoms with Crippen molar-refractivity contribution in [1.29, 1.82) is 0 Å². The standard InChI is InChI=1S/C19H17N.C2HF3O2/c20-19(16-10-4-1-5-11-16,17-12-6-2-7-13-17)18-14-8-3-9-15-18;3-2(4,5)1(6)7/h1-15H,20H2;(H,6,7). The fourth-order valence-corrected chi connectivity index (χ4v) is 2.67. The zero-order chi connectivity index (χ0) is 19.9. The highest BCUT2D eigenvalue weighted by molar-refractivity contribution is 5.70. The number of rotatable bonds is 3. The zero-order valence-electron chi connectivity index (χ0n) is 14.3. The van der Waals surface area contributed by atoms with E-state index in [9.17, 15) is 13.2 Å². The summed E-state index contributed by atoms with van der Waals surface area (Å²) in [4.78, 5) is 8.78. The molecule has 3 N–H and O–H groups in total. The Bertz CT molecular complexity index is 754. The molecule has 3 rings (SSSR count). The lowest BCUT2D eigenvalue weighted by atomic mass is 9.78. The van der Waals surface area contributed by atoms with E-state index in [0.717, 1.165) is 0 Å². The maximum atomic E-state index is 10.5. The van der Waals surface area contributed by atoms with E-state index >= 15 is 0 Å². The lowest BCUT2D eigenvalue weighted by Crippen LogP contribution is -2.71. The minimum atomic E-state index is -5.19. The van der Waals surface area contributed by atoms with Crippen molar-refractivity contribution in [3.8, 4) is 0 Å². The van der Waals surface area contributed by atoms with Gasteiger partial charge in [0.05, 0.1) is 0 Å². The summed E-state index contributed by atoms with van der Waals surface area (Å²) >= 11 is 0. The first-order chi connectivity index (χ1) is 12.8. The topological polar surface area (TPSA) is 67.8 Å². The minimum Gasteiger partial charge on any atom is -0.542 e. The molecule has 6 heteroatoms. The molecule has 27 heavy (non-hydrogen) atoms. The Morgan fingerprint density at radius 2 is 0.889 bits per heavy atom. The molecule has 140 valence electrons. The molecule has 0 spiro atoms. The first-order valence-electron chi connectivity index (χ1n) is 8.06. The van der Waals surface area contributed by atoms with Gasteiger partial charge >= 0.3 is 6.18 Å². The number of carboxylic acids is 1. The number of quaternary nitrogens is 1. The molecule has 3 aromatic carbocycles. The first-order valence-corrected chi connectivity index (χ1v) is 8.06. The van der Waals surface area contributed by atoms with E-state index in [4.69, 9.17) is 9.90 Å². The molecular formula is C21H18F3NO2. The van der Waals surface area contributed by atoms with Gasteiger partial charge in [0.1, 0.15) is 5.97 Å². The van der Waals surface area contributed by atoms with Crippen molar-refractivity contribution in [2.24, 2.45) is 0 Å². The van der Waals surface area contributed by atoms with Crippen LogP contribution in [0.4, 0.5) is 13.2 Å². The lowest BCUT2D eigenvalue weighted by molar-refractivity contribution is -0.455. The fraction of sp³-hybridized carbons (Fsp3) is 0.0952. The molecule has 0 aliphatic rings. The molecule has 3 nitrogen and oxygen atoms in total. The fourth-order valence-electron chi connectivity index (χ4n) is 2.67. The van der Waals surface area contributed by atoms with E-state index in [1.54, 1.807) is 0 Å². The van der Waals surface area contributed by atoms with Crippen molar-refractivity contribution >= 4 is 5.97 Å². The van der Waals surface area contributed by atoms with Crippen LogP contribution in [0.1, 0.15) is 16.7 Å². The van der Waals surface area contributed by atoms with Gasteiger partial charge in [0.25, 0.3) is 0 Å². The predicted octanol–water partition coefficient (Wildman–Crippen LogP) is 2.52. The van der Waals surface area contributed by atoms with Crippen LogP contribution in [0.2, 0.25) is 0 Å². The molecule has 0 aliphatic heterocycles. The highest BCUT2D eigenvalue weighted by Gasteiger charge is 2.35. The van der Waals surface area contributed by atoms with Gasteiger partial charge in [0.2, 0.25) is 0 Å². The molecule has 0 fully saturated rings. The second kappa shape index (κ2) is 8.51. The van der Waals surface area contributed by atoms with Gasteiger partial charge in [0.15, 0.2) is 5.54 Å². The molecule has 0 aromatic heterocycles. The molecular weight excluding hydrogens is 355 g/mol. The summed E-state index contributed by atoms with van der Waals surface area (Å²) in [5.74, 6) is -3.01. The van der Waals surface area contributed by atoms with Crippen LogP contribution in [0.3, 0.4) is 0 Å². The number of benzene rings is 3. The Hall–Kier alpha value is -3.12. The van der Waals surface area contributed by atoms with E-state index in [1.807, 2.05) is 18.2 Å². The largest absolute Gasteiger partial charge is 0.542 e. The van der Waals surface area contributed by atoms with E-state index in [2.05, 4.69) is 78.5 Å². The smallest absolute Gasteiger partial charge is 0.430 e. The van der Waals surface area contributed by atoms with Crippen LogP contribution in [0, 0.1) is 0 Å². The number of hydrogen-bond acceptors (Lipinski definition) is 2. The second-order valence-corrected chi connectivity index (χ2v) is 5.79. The highest BCUT2D eigenvalue weighted by Crippen LogP contribution is 2.31. The van der Waals surface area contributed by atoms with Crippen molar-refractivity contribution < 1.29 is 28.8 Å². The maximum Gasteiger partial charge on any atom is 0.430 e. The molecule has 0 atom stereocenters. The Balaban J connectivity index is 0.000000321. The van der Waals surface area contributed by atoms with Crippen molar-refractivity contribution in [3.63, 3.8) is 0 Å². The van der Waals surface area contributed by atoms with Crippen LogP contribution in [-0.2, 0) is 10.3 Å². The summed E-state index contributed by atoms with van der Waals surface area (Å²) in [5.41, 5.74) is 7.83. The van der Waals surface area contributed by atoms with Crippen LogP contribution >= 0.6 is 0 Å². The normalized spacial score (nSPS) is 11.3. The third-order valence-electron chi connectivity index (χ3n) is 4.03. The molecule has 0 aliphatic carbocycles. The van der Waals surface area contributed by atoms with Crippen molar-refractivity contribution in [3.05, 3.63) is 108 Å². The maximum absolute atomic E-state index is 10.5. The Labute approximate surface area is 154 Å². The highest BCUT2D eigenvalue weighted by atomic mass is 19.4. The number of carboxylic acid groups (broad SMARTS) is 1. The third-order valence-corrected chi connectivity index (χ3v) is 4.03. The lowest BCUT2D eigenvalue weighted by Gasteiger charge is -2.27. The summed E-state index contributed by atoms with van der Waals surface area (Å²) in [5, 5.41) is 8.78. The van der Waals surface area contributed by atoms with E-state index in [0.29, 0.717) is 0 Å². The van der Waals surface area contributed by atoms with Crippen molar-refractivity contribution in [1.82, 2.24) is 0 Å². The van der Waals surface area contributed by atoms with Crippen molar-refractivity contribution in [2.45, 2.75) is 11.7 Å². The molecule has 3 aromatic rings. The van der Waals surface area contributed by atoms with E-state index < -0.39 is 12.1 Å². The van der Waals surface area contributed by atoms with Crippen LogP contribution in [0.15, 0.2) is 91.0 Å². The number of alkyl halides is 3. The Kier molecular flexibility index (Phi) is 6.36. The van der Waals surface area contributed by atoms with E-state index in [-0.39, 0.29) is 5.54 Å². The van der Waals surface area contributed by atoms with Crippen LogP contribution < -0.4 is 10.8 Å². The van der Waals surface area contributed by atoms with Gasteiger partial charge in [-0.15, -0.1) is 0 Å². The van der Waals surface area contributed by atoms with Gasteiger partial charge in [-0.25, -0.2) is 0 Å². The Morgan fingerprint density at radius 3 is 1.07 bits per heavy atom. The first kappa shape index (κ1) is 20.2. The average Bonchev–Trinajstić information content (AvgIpc) is 2.69. The molecule has 0 bridgehead atoms. The van der Waals surface area contributed by atoms with Gasteiger partial charge in [-0.3, -0.25) is 0 Å². The molecule has 0 unspecified atom stereocenters. The van der Waals surface area contributed by atoms with Gasteiger partial charge in [-0.05, 0) is 0 Å². The molecule has 0 saturated heterocycles. The monoisotopic (exact) mass is 373 g/mol. The molecule has 0 heterocycles. The van der Waals surface area contributed by atoms with Crippen LogP contribution in [0.5, 0.6) is 0 Å². The second-order valence-electron chi connectivity index (χ2n) is 5.79. The van der Waals surface area contributed by atoms with E-state index in [1.165, 1.54) is 16.7 Å². The van der Waals surface area contributed by atoms with Crippen LogP contribution in [0.25, 0.3) is 0 Å². The summed E-state index contributed by atoms with van der Waals surface area (Å²) in [7, 11) is 0. The summed E-state index contributed by atoms with van der Waals surface area (Å²) in [6, 6.07) is 31.4. The predicted molar refractivity (Wildman–Crippen MR) is 93.2 cm³/mol.